The van der Waals surface area contributed by atoms with Crippen molar-refractivity contribution in [3.05, 3.63) is 82.2 Å². The van der Waals surface area contributed by atoms with Gasteiger partial charge in [0.15, 0.2) is 6.23 Å². The van der Waals surface area contributed by atoms with E-state index >= 15 is 0 Å². The molecule has 0 unspecified atom stereocenters. The zero-order valence-corrected chi connectivity index (χ0v) is 20.5. The fraction of sp³-hybridized carbons (Fsp3) is 0.304. The Hall–Kier alpha value is -3.61. The highest BCUT2D eigenvalue weighted by Crippen LogP contribution is 2.34. The highest BCUT2D eigenvalue weighted by molar-refractivity contribution is 7.89. The van der Waals surface area contributed by atoms with Crippen molar-refractivity contribution in [2.24, 2.45) is 0 Å². The second kappa shape index (κ2) is 11.2. The molecular formula is C23H28N6O5S. The molecule has 35 heavy (non-hydrogen) atoms. The first-order valence-corrected chi connectivity index (χ1v) is 12.3. The molecule has 3 rings (SSSR count). The third-order valence-corrected chi connectivity index (χ3v) is 7.30. The number of hydrogen-bond acceptors (Lipinski definition) is 9. The first kappa shape index (κ1) is 26.0. The molecule has 3 aromatic rings. The van der Waals surface area contributed by atoms with Crippen molar-refractivity contribution in [1.29, 1.82) is 0 Å². The fourth-order valence-electron chi connectivity index (χ4n) is 3.50. The molecule has 0 bridgehead atoms. The minimum atomic E-state index is -4.20. The number of nitrogens with zero attached hydrogens (tertiary/aromatic N) is 5. The second-order valence-electron chi connectivity index (χ2n) is 7.79. The van der Waals surface area contributed by atoms with Gasteiger partial charge in [-0.25, -0.2) is 18.4 Å². The first-order valence-electron chi connectivity index (χ1n) is 10.9. The molecule has 12 heteroatoms. The van der Waals surface area contributed by atoms with E-state index in [1.165, 1.54) is 13.4 Å². The van der Waals surface area contributed by atoms with Gasteiger partial charge in [-0.05, 0) is 31.0 Å². The van der Waals surface area contributed by atoms with Crippen LogP contribution >= 0.6 is 0 Å². The smallest absolute Gasteiger partial charge is 0.269 e. The number of nitro groups is 1. The van der Waals surface area contributed by atoms with Crippen molar-refractivity contribution >= 4 is 27.3 Å². The Labute approximate surface area is 204 Å². The Morgan fingerprint density at radius 3 is 2.34 bits per heavy atom. The number of aliphatic hydroxyl groups is 1. The second-order valence-corrected chi connectivity index (χ2v) is 9.79. The Bertz CT molecular complexity index is 1260. The number of nitrogens with one attached hydrogen (secondary N) is 1. The zero-order valence-electron chi connectivity index (χ0n) is 19.7. The van der Waals surface area contributed by atoms with Crippen molar-refractivity contribution in [3.63, 3.8) is 0 Å². The zero-order chi connectivity index (χ0) is 25.6. The van der Waals surface area contributed by atoms with Gasteiger partial charge in [-0.1, -0.05) is 30.3 Å². The van der Waals surface area contributed by atoms with Crippen LogP contribution in [0.5, 0.6) is 0 Å². The number of aliphatic hydroxyl groups excluding tert-OH is 1. The highest BCUT2D eigenvalue weighted by Gasteiger charge is 2.33. The van der Waals surface area contributed by atoms with Gasteiger partial charge < -0.3 is 15.3 Å². The fourth-order valence-corrected chi connectivity index (χ4v) is 4.68. The molecule has 0 amide bonds. The Balaban J connectivity index is 1.94. The molecule has 2 N–H and O–H groups in total. The number of rotatable bonds is 11. The molecule has 186 valence electrons. The summed E-state index contributed by atoms with van der Waals surface area (Å²) < 4.78 is 27.2. The number of anilines is 2. The van der Waals surface area contributed by atoms with Crippen LogP contribution in [0.4, 0.5) is 17.3 Å². The maximum atomic E-state index is 13.2. The van der Waals surface area contributed by atoms with Crippen LogP contribution in [0.25, 0.3) is 0 Å². The van der Waals surface area contributed by atoms with Gasteiger partial charge in [0.25, 0.3) is 5.69 Å². The topological polar surface area (TPSA) is 142 Å². The summed E-state index contributed by atoms with van der Waals surface area (Å²) in [5.74, 6) is 0.687. The predicted molar refractivity (Wildman–Crippen MR) is 133 cm³/mol. The van der Waals surface area contributed by atoms with Crippen molar-refractivity contribution < 1.29 is 18.4 Å². The van der Waals surface area contributed by atoms with Gasteiger partial charge in [0.2, 0.25) is 10.0 Å². The van der Waals surface area contributed by atoms with Gasteiger partial charge in [-0.15, -0.1) is 0 Å². The summed E-state index contributed by atoms with van der Waals surface area (Å²) in [4.78, 5) is 20.5. The van der Waals surface area contributed by atoms with Crippen molar-refractivity contribution in [2.75, 3.05) is 37.4 Å². The number of likely N-dealkylation sites (N-methyl/N-ethyl adjacent to an activating group) is 1. The summed E-state index contributed by atoms with van der Waals surface area (Å²) in [6.45, 7) is 2.90. The van der Waals surface area contributed by atoms with Gasteiger partial charge in [0.05, 0.1) is 15.4 Å². The summed E-state index contributed by atoms with van der Waals surface area (Å²) in [5.41, 5.74) is 1.10. The third kappa shape index (κ3) is 5.91. The van der Waals surface area contributed by atoms with Gasteiger partial charge in [-0.3, -0.25) is 10.1 Å². The third-order valence-electron chi connectivity index (χ3n) is 5.47. The van der Waals surface area contributed by atoms with Crippen molar-refractivity contribution in [3.8, 4) is 0 Å². The molecule has 0 aliphatic rings. The molecular weight excluding hydrogens is 472 g/mol. The van der Waals surface area contributed by atoms with Crippen LogP contribution in [0, 0.1) is 10.1 Å². The van der Waals surface area contributed by atoms with Crippen LogP contribution in [-0.2, 0) is 16.4 Å². The van der Waals surface area contributed by atoms with E-state index in [1.807, 2.05) is 49.2 Å². The molecule has 0 fully saturated rings. The SMILES string of the molecule is CCNc1ncnc(N(C)CCc2ccccc2)c1[C@H](O)N(C)S(=O)(=O)c1ccc([N+](=O)[O-])cc1. The molecule has 2 aromatic carbocycles. The lowest BCUT2D eigenvalue weighted by Crippen LogP contribution is -2.34. The van der Waals surface area contributed by atoms with E-state index in [9.17, 15) is 23.6 Å². The van der Waals surface area contributed by atoms with E-state index in [0.717, 1.165) is 34.1 Å². The van der Waals surface area contributed by atoms with E-state index < -0.39 is 21.2 Å². The number of sulfonamides is 1. The molecule has 0 spiro atoms. The minimum Gasteiger partial charge on any atom is -0.373 e. The number of nitro benzene ring substituents is 1. The molecule has 0 radical (unpaired) electrons. The van der Waals surface area contributed by atoms with Crippen LogP contribution in [0.2, 0.25) is 0 Å². The lowest BCUT2D eigenvalue weighted by atomic mass is 10.1. The van der Waals surface area contributed by atoms with Crippen molar-refractivity contribution in [2.45, 2.75) is 24.5 Å². The van der Waals surface area contributed by atoms with Crippen LogP contribution in [-0.4, -0.2) is 59.9 Å². The van der Waals surface area contributed by atoms with Crippen LogP contribution < -0.4 is 10.2 Å². The monoisotopic (exact) mass is 500 g/mol. The van der Waals surface area contributed by atoms with Crippen molar-refractivity contribution in [1.82, 2.24) is 14.3 Å². The van der Waals surface area contributed by atoms with Crippen LogP contribution in [0.15, 0.2) is 65.8 Å². The van der Waals surface area contributed by atoms with Crippen LogP contribution in [0.3, 0.4) is 0 Å². The molecule has 1 atom stereocenters. The Morgan fingerprint density at radius 2 is 1.74 bits per heavy atom. The largest absolute Gasteiger partial charge is 0.373 e. The molecule has 0 saturated heterocycles. The van der Waals surface area contributed by atoms with Gasteiger partial charge in [-0.2, -0.15) is 4.31 Å². The molecule has 11 nitrogen and oxygen atoms in total. The van der Waals surface area contributed by atoms with E-state index in [0.29, 0.717) is 31.1 Å². The molecule has 1 heterocycles. The number of hydrogen-bond donors (Lipinski definition) is 2. The molecule has 0 saturated carbocycles. The van der Waals surface area contributed by atoms with E-state index in [4.69, 9.17) is 0 Å². The van der Waals surface area contributed by atoms with E-state index in [-0.39, 0.29) is 16.1 Å². The summed E-state index contributed by atoms with van der Waals surface area (Å²) in [6, 6.07) is 14.4. The average Bonchev–Trinajstić information content (AvgIpc) is 2.87. The van der Waals surface area contributed by atoms with E-state index in [1.54, 1.807) is 0 Å². The lowest BCUT2D eigenvalue weighted by molar-refractivity contribution is -0.384. The number of aromatic nitrogens is 2. The summed E-state index contributed by atoms with van der Waals surface area (Å²) in [5, 5.41) is 25.2. The molecule has 0 aliphatic heterocycles. The summed E-state index contributed by atoms with van der Waals surface area (Å²) in [7, 11) is -1.16. The molecule has 0 aliphatic carbocycles. The number of non-ortho nitro benzene ring substituents is 1. The van der Waals surface area contributed by atoms with Crippen LogP contribution in [0.1, 0.15) is 24.3 Å². The summed E-state index contributed by atoms with van der Waals surface area (Å²) in [6.07, 6.45) is 0.442. The maximum absolute atomic E-state index is 13.2. The number of benzene rings is 2. The van der Waals surface area contributed by atoms with Gasteiger partial charge in [0, 0.05) is 39.3 Å². The Morgan fingerprint density at radius 1 is 1.09 bits per heavy atom. The average molecular weight is 501 g/mol. The predicted octanol–water partition coefficient (Wildman–Crippen LogP) is 2.81. The Kier molecular flexibility index (Phi) is 8.33. The van der Waals surface area contributed by atoms with Gasteiger partial charge >= 0.3 is 0 Å². The highest BCUT2D eigenvalue weighted by atomic mass is 32.2. The minimum absolute atomic E-state index is 0.189. The standard InChI is InChI=1S/C23H28N6O5S/c1-4-24-21-20(22(26-16-25-21)27(2)15-14-17-8-6-5-7-9-17)23(30)28(3)35(33,34)19-12-10-18(11-13-19)29(31)32/h5-13,16,23,30H,4,14-15H2,1-3H3,(H,24,25,26)/t23-/m0/s1. The summed E-state index contributed by atoms with van der Waals surface area (Å²) >= 11 is 0. The van der Waals surface area contributed by atoms with Gasteiger partial charge in [0.1, 0.15) is 18.0 Å². The normalized spacial score (nSPS) is 12.4. The lowest BCUT2D eigenvalue weighted by Gasteiger charge is -2.29. The quantitative estimate of drug-likeness (QED) is 0.231. The molecule has 1 aromatic heterocycles. The first-order chi connectivity index (χ1) is 16.7. The van der Waals surface area contributed by atoms with E-state index in [2.05, 4.69) is 15.3 Å². The maximum Gasteiger partial charge on any atom is 0.269 e.